The Kier molecular flexibility index (Phi) is 2.28. The van der Waals surface area contributed by atoms with Crippen LogP contribution in [0.4, 0.5) is 0 Å². The van der Waals surface area contributed by atoms with Gasteiger partial charge in [0.05, 0.1) is 17.4 Å². The van der Waals surface area contributed by atoms with Crippen LogP contribution in [0.15, 0.2) is 43.0 Å². The first-order valence-electron chi connectivity index (χ1n) is 6.30. The van der Waals surface area contributed by atoms with E-state index >= 15 is 0 Å². The van der Waals surface area contributed by atoms with Crippen molar-refractivity contribution in [1.82, 2.24) is 24.6 Å². The highest BCUT2D eigenvalue weighted by atomic mass is 16.1. The summed E-state index contributed by atoms with van der Waals surface area (Å²) in [5.41, 5.74) is 8.62. The molecule has 0 aliphatic heterocycles. The molecule has 3 heterocycles. The van der Waals surface area contributed by atoms with Crippen molar-refractivity contribution in [3.05, 3.63) is 48.7 Å². The fourth-order valence-electron chi connectivity index (χ4n) is 2.43. The number of imidazole rings is 1. The molecule has 1 amide bonds. The second-order valence-corrected chi connectivity index (χ2v) is 4.63. The molecule has 1 aromatic carbocycles. The maximum Gasteiger partial charge on any atom is 0.269 e. The molecule has 4 aromatic rings. The first-order valence-corrected chi connectivity index (χ1v) is 6.30. The Morgan fingerprint density at radius 1 is 1.29 bits per heavy atom. The van der Waals surface area contributed by atoms with Crippen LogP contribution in [0.3, 0.4) is 0 Å². The smallest absolute Gasteiger partial charge is 0.269 e. The minimum atomic E-state index is -0.572. The number of fused-ring (bicyclic) bond motifs is 2. The summed E-state index contributed by atoms with van der Waals surface area (Å²) in [6.07, 6.45) is 7.08. The van der Waals surface area contributed by atoms with Gasteiger partial charge in [0.15, 0.2) is 11.3 Å². The minimum Gasteiger partial charge on any atom is -0.364 e. The molecule has 102 valence electrons. The molecule has 0 radical (unpaired) electrons. The summed E-state index contributed by atoms with van der Waals surface area (Å²) in [5.74, 6) is -0.572. The summed E-state index contributed by atoms with van der Waals surface area (Å²) in [4.78, 5) is 20.1. The molecule has 3 N–H and O–H groups in total. The monoisotopic (exact) mass is 278 g/mol. The molecule has 0 atom stereocenters. The van der Waals surface area contributed by atoms with E-state index in [1.54, 1.807) is 12.4 Å². The fourth-order valence-corrected chi connectivity index (χ4v) is 2.43. The van der Waals surface area contributed by atoms with Crippen molar-refractivity contribution < 1.29 is 4.79 Å². The van der Waals surface area contributed by atoms with Crippen molar-refractivity contribution in [3.63, 3.8) is 0 Å². The number of aromatic amines is 1. The number of carbonyl (C=O) groups is 1. The molecule has 0 fully saturated rings. The van der Waals surface area contributed by atoms with Gasteiger partial charge >= 0.3 is 0 Å². The number of primary amides is 1. The Hall–Kier alpha value is -3.22. The van der Waals surface area contributed by atoms with Gasteiger partial charge in [-0.1, -0.05) is 12.1 Å². The van der Waals surface area contributed by atoms with E-state index in [1.807, 2.05) is 35.0 Å². The molecule has 0 bridgehead atoms. The van der Waals surface area contributed by atoms with Gasteiger partial charge in [-0.05, 0) is 6.07 Å². The number of aromatic nitrogens is 5. The van der Waals surface area contributed by atoms with E-state index in [1.165, 1.54) is 0 Å². The Morgan fingerprint density at radius 2 is 2.19 bits per heavy atom. The van der Waals surface area contributed by atoms with Crippen molar-refractivity contribution in [2.45, 2.75) is 0 Å². The van der Waals surface area contributed by atoms with Gasteiger partial charge in [-0.3, -0.25) is 14.9 Å². The SMILES string of the molecule is NC(=O)c1n[nH]c2cccc(-c3cn4ccnc4cn3)c12. The summed E-state index contributed by atoms with van der Waals surface area (Å²) in [6.45, 7) is 0. The van der Waals surface area contributed by atoms with Crippen LogP contribution in [0.5, 0.6) is 0 Å². The molecular formula is C14H10N6O. The lowest BCUT2D eigenvalue weighted by Crippen LogP contribution is -2.12. The molecule has 7 heteroatoms. The fraction of sp³-hybridized carbons (Fsp3) is 0. The number of hydrogen-bond acceptors (Lipinski definition) is 4. The summed E-state index contributed by atoms with van der Waals surface area (Å²) >= 11 is 0. The van der Waals surface area contributed by atoms with Crippen LogP contribution in [-0.4, -0.2) is 30.5 Å². The predicted octanol–water partition coefficient (Wildman–Crippen LogP) is 1.37. The number of carbonyl (C=O) groups excluding carboxylic acids is 1. The second-order valence-electron chi connectivity index (χ2n) is 4.63. The lowest BCUT2D eigenvalue weighted by Gasteiger charge is -2.04. The maximum absolute atomic E-state index is 11.5. The zero-order valence-electron chi connectivity index (χ0n) is 10.8. The third-order valence-electron chi connectivity index (χ3n) is 3.38. The molecule has 0 aliphatic rings. The quantitative estimate of drug-likeness (QED) is 0.578. The normalized spacial score (nSPS) is 11.2. The van der Waals surface area contributed by atoms with E-state index in [4.69, 9.17) is 5.73 Å². The number of nitrogens with two attached hydrogens (primary N) is 1. The number of benzene rings is 1. The second kappa shape index (κ2) is 4.14. The minimum absolute atomic E-state index is 0.216. The predicted molar refractivity (Wildman–Crippen MR) is 76.6 cm³/mol. The largest absolute Gasteiger partial charge is 0.364 e. The number of nitrogens with zero attached hydrogens (tertiary/aromatic N) is 4. The number of nitrogens with one attached hydrogen (secondary N) is 1. The van der Waals surface area contributed by atoms with Crippen LogP contribution in [0.25, 0.3) is 27.8 Å². The molecule has 0 unspecified atom stereocenters. The van der Waals surface area contributed by atoms with E-state index in [0.29, 0.717) is 5.39 Å². The number of H-pyrrole nitrogens is 1. The molecule has 4 rings (SSSR count). The molecule has 3 aromatic heterocycles. The van der Waals surface area contributed by atoms with Crippen LogP contribution in [-0.2, 0) is 0 Å². The Labute approximate surface area is 118 Å². The summed E-state index contributed by atoms with van der Waals surface area (Å²) in [6, 6.07) is 5.60. The van der Waals surface area contributed by atoms with Crippen LogP contribution >= 0.6 is 0 Å². The van der Waals surface area contributed by atoms with Gasteiger partial charge in [0.1, 0.15) is 0 Å². The van der Waals surface area contributed by atoms with Crippen LogP contribution < -0.4 is 5.73 Å². The Balaban J connectivity index is 2.04. The topological polar surface area (TPSA) is 102 Å². The molecule has 0 saturated heterocycles. The van der Waals surface area contributed by atoms with Gasteiger partial charge in [-0.2, -0.15) is 5.10 Å². The zero-order valence-corrected chi connectivity index (χ0v) is 10.8. The van der Waals surface area contributed by atoms with Crippen molar-refractivity contribution in [2.24, 2.45) is 5.73 Å². The lowest BCUT2D eigenvalue weighted by molar-refractivity contribution is 0.0997. The number of rotatable bonds is 2. The van der Waals surface area contributed by atoms with Gasteiger partial charge < -0.3 is 10.1 Å². The van der Waals surface area contributed by atoms with Crippen molar-refractivity contribution in [1.29, 1.82) is 0 Å². The summed E-state index contributed by atoms with van der Waals surface area (Å²) in [7, 11) is 0. The third-order valence-corrected chi connectivity index (χ3v) is 3.38. The van der Waals surface area contributed by atoms with E-state index in [2.05, 4.69) is 20.2 Å². The van der Waals surface area contributed by atoms with Crippen LogP contribution in [0.2, 0.25) is 0 Å². The first-order chi connectivity index (χ1) is 10.2. The Morgan fingerprint density at radius 3 is 3.05 bits per heavy atom. The van der Waals surface area contributed by atoms with Crippen molar-refractivity contribution >= 4 is 22.5 Å². The summed E-state index contributed by atoms with van der Waals surface area (Å²) in [5, 5.41) is 7.48. The zero-order chi connectivity index (χ0) is 14.4. The van der Waals surface area contributed by atoms with Gasteiger partial charge in [0.25, 0.3) is 5.91 Å². The van der Waals surface area contributed by atoms with E-state index in [0.717, 1.165) is 22.4 Å². The molecule has 21 heavy (non-hydrogen) atoms. The third kappa shape index (κ3) is 1.68. The van der Waals surface area contributed by atoms with Gasteiger partial charge in [-0.15, -0.1) is 0 Å². The molecule has 0 aliphatic carbocycles. The average molecular weight is 278 g/mol. The van der Waals surface area contributed by atoms with E-state index in [-0.39, 0.29) is 5.69 Å². The van der Waals surface area contributed by atoms with Crippen LogP contribution in [0, 0.1) is 0 Å². The van der Waals surface area contributed by atoms with Crippen molar-refractivity contribution in [3.8, 4) is 11.3 Å². The highest BCUT2D eigenvalue weighted by Gasteiger charge is 2.16. The highest BCUT2D eigenvalue weighted by molar-refractivity contribution is 6.09. The molecule has 0 spiro atoms. The lowest BCUT2D eigenvalue weighted by atomic mass is 10.0. The number of amides is 1. The summed E-state index contributed by atoms with van der Waals surface area (Å²) < 4.78 is 1.87. The van der Waals surface area contributed by atoms with Crippen LogP contribution in [0.1, 0.15) is 10.5 Å². The number of hydrogen-bond donors (Lipinski definition) is 2. The molecule has 0 saturated carbocycles. The average Bonchev–Trinajstić information content (AvgIpc) is 3.12. The Bertz CT molecular complexity index is 983. The molecular weight excluding hydrogens is 268 g/mol. The van der Waals surface area contributed by atoms with Gasteiger partial charge in [0, 0.05) is 29.5 Å². The van der Waals surface area contributed by atoms with Crippen molar-refractivity contribution in [2.75, 3.05) is 0 Å². The standard InChI is InChI=1S/C14H10N6O/c15-14(21)13-12-8(2-1-3-9(12)18-19-13)10-7-20-5-4-16-11(20)6-17-10/h1-7H,(H2,15,21)(H,18,19). The highest BCUT2D eigenvalue weighted by Crippen LogP contribution is 2.28. The van der Waals surface area contributed by atoms with E-state index < -0.39 is 5.91 Å². The van der Waals surface area contributed by atoms with Gasteiger partial charge in [0.2, 0.25) is 0 Å². The maximum atomic E-state index is 11.5. The van der Waals surface area contributed by atoms with E-state index in [9.17, 15) is 4.79 Å². The molecule has 7 nitrogen and oxygen atoms in total. The van der Waals surface area contributed by atoms with Gasteiger partial charge in [-0.25, -0.2) is 4.98 Å². The first kappa shape index (κ1) is 11.6.